The molecule has 0 aliphatic rings. The molecule has 3 rings (SSSR count). The van der Waals surface area contributed by atoms with Gasteiger partial charge in [0.15, 0.2) is 0 Å². The third kappa shape index (κ3) is 5.24. The number of benzene rings is 1. The van der Waals surface area contributed by atoms with Gasteiger partial charge in [-0.1, -0.05) is 19.6 Å². The van der Waals surface area contributed by atoms with E-state index in [1.807, 2.05) is 12.1 Å². The first-order valence-electron chi connectivity index (χ1n) is 8.89. The second kappa shape index (κ2) is 8.50. The molecular formula is C19H22BrFN4O2Si. The molecule has 6 nitrogen and oxygen atoms in total. The van der Waals surface area contributed by atoms with E-state index in [1.165, 1.54) is 6.07 Å². The zero-order chi connectivity index (χ0) is 20.3. The molecule has 0 unspecified atom stereocenters. The molecule has 148 valence electrons. The van der Waals surface area contributed by atoms with Gasteiger partial charge in [0, 0.05) is 25.8 Å². The molecule has 9 heteroatoms. The molecule has 28 heavy (non-hydrogen) atoms. The van der Waals surface area contributed by atoms with Crippen molar-refractivity contribution in [1.29, 1.82) is 0 Å². The minimum Gasteiger partial charge on any atom is -0.360 e. The summed E-state index contributed by atoms with van der Waals surface area (Å²) < 4.78 is 21.0. The summed E-state index contributed by atoms with van der Waals surface area (Å²) in [5.41, 5.74) is 1.65. The van der Waals surface area contributed by atoms with Crippen molar-refractivity contribution in [3.63, 3.8) is 0 Å². The van der Waals surface area contributed by atoms with Crippen LogP contribution < -0.4 is 5.32 Å². The average molecular weight is 465 g/mol. The smallest absolute Gasteiger partial charge is 0.275 e. The highest BCUT2D eigenvalue weighted by Crippen LogP contribution is 2.21. The summed E-state index contributed by atoms with van der Waals surface area (Å²) in [6.07, 6.45) is 2.74. The van der Waals surface area contributed by atoms with Crippen molar-refractivity contribution in [2.24, 2.45) is 0 Å². The molecule has 0 spiro atoms. The molecule has 1 N–H and O–H groups in total. The second-order valence-corrected chi connectivity index (χ2v) is 14.2. The van der Waals surface area contributed by atoms with Crippen molar-refractivity contribution in [2.75, 3.05) is 11.9 Å². The molecule has 0 aliphatic heterocycles. The Hall–Kier alpha value is -2.10. The maximum Gasteiger partial charge on any atom is 0.275 e. The summed E-state index contributed by atoms with van der Waals surface area (Å²) in [7, 11) is -1.12. The molecule has 1 amide bonds. The summed E-state index contributed by atoms with van der Waals surface area (Å²) in [6.45, 7) is 8.07. The minimum atomic E-state index is -1.12. The van der Waals surface area contributed by atoms with Crippen molar-refractivity contribution in [1.82, 2.24) is 14.8 Å². The number of carbonyl (C=O) groups is 1. The van der Waals surface area contributed by atoms with Gasteiger partial charge in [0.05, 0.1) is 22.4 Å². The lowest BCUT2D eigenvalue weighted by molar-refractivity contribution is 0.0817. The number of hydrogen-bond donors (Lipinski definition) is 1. The van der Waals surface area contributed by atoms with Crippen LogP contribution in [0.25, 0.3) is 10.9 Å². The Kier molecular flexibility index (Phi) is 6.26. The quantitative estimate of drug-likeness (QED) is 0.398. The topological polar surface area (TPSA) is 69.0 Å². The Morgan fingerprint density at radius 2 is 2.07 bits per heavy atom. The second-order valence-electron chi connectivity index (χ2n) is 7.70. The Morgan fingerprint density at radius 3 is 2.79 bits per heavy atom. The van der Waals surface area contributed by atoms with E-state index < -0.39 is 19.8 Å². The molecule has 2 aromatic heterocycles. The van der Waals surface area contributed by atoms with E-state index in [4.69, 9.17) is 4.74 Å². The first-order chi connectivity index (χ1) is 13.2. The Morgan fingerprint density at radius 1 is 1.29 bits per heavy atom. The van der Waals surface area contributed by atoms with Crippen molar-refractivity contribution in [2.45, 2.75) is 32.4 Å². The number of carbonyl (C=O) groups excluding carboxylic acids is 1. The molecule has 3 aromatic rings. The van der Waals surface area contributed by atoms with Crippen LogP contribution in [0.1, 0.15) is 10.5 Å². The fraction of sp³-hybridized carbons (Fsp3) is 0.316. The van der Waals surface area contributed by atoms with Crippen LogP contribution in [0.4, 0.5) is 10.1 Å². The lowest BCUT2D eigenvalue weighted by atomic mass is 10.2. The SMILES string of the molecule is C[Si](C)(C)CCOCn1ncc2cc(NC(=O)c3ncc(F)cc3Br)ccc21. The van der Waals surface area contributed by atoms with Crippen molar-refractivity contribution in [3.05, 3.63) is 52.6 Å². The van der Waals surface area contributed by atoms with Crippen LogP contribution in [0.15, 0.2) is 41.1 Å². The first-order valence-corrected chi connectivity index (χ1v) is 13.4. The lowest BCUT2D eigenvalue weighted by Gasteiger charge is -2.15. The summed E-state index contributed by atoms with van der Waals surface area (Å²) >= 11 is 3.16. The zero-order valence-electron chi connectivity index (χ0n) is 16.0. The van der Waals surface area contributed by atoms with Gasteiger partial charge in [-0.05, 0) is 46.2 Å². The van der Waals surface area contributed by atoms with Crippen molar-refractivity contribution in [3.8, 4) is 0 Å². The normalized spacial score (nSPS) is 11.8. The van der Waals surface area contributed by atoms with E-state index in [-0.39, 0.29) is 5.69 Å². The van der Waals surface area contributed by atoms with E-state index in [9.17, 15) is 9.18 Å². The van der Waals surface area contributed by atoms with Gasteiger partial charge >= 0.3 is 0 Å². The molecule has 0 radical (unpaired) electrons. The summed E-state index contributed by atoms with van der Waals surface area (Å²) in [4.78, 5) is 16.2. The Labute approximate surface area is 172 Å². The van der Waals surface area contributed by atoms with Crippen molar-refractivity contribution < 1.29 is 13.9 Å². The average Bonchev–Trinajstić information content (AvgIpc) is 3.00. The van der Waals surface area contributed by atoms with E-state index in [0.29, 0.717) is 16.9 Å². The van der Waals surface area contributed by atoms with E-state index >= 15 is 0 Å². The number of nitrogens with one attached hydrogen (secondary N) is 1. The van der Waals surface area contributed by atoms with E-state index in [1.54, 1.807) is 16.9 Å². The first kappa shape index (κ1) is 20.6. The number of aromatic nitrogens is 3. The highest BCUT2D eigenvalue weighted by molar-refractivity contribution is 9.10. The van der Waals surface area contributed by atoms with Gasteiger partial charge in [0.1, 0.15) is 18.2 Å². The number of halogens is 2. The van der Waals surface area contributed by atoms with Crippen LogP contribution in [-0.4, -0.2) is 35.4 Å². The van der Waals surface area contributed by atoms with Gasteiger partial charge in [0.2, 0.25) is 0 Å². The Balaban J connectivity index is 1.67. The summed E-state index contributed by atoms with van der Waals surface area (Å²) in [5, 5.41) is 8.02. The van der Waals surface area contributed by atoms with Gasteiger partial charge < -0.3 is 10.1 Å². The molecule has 0 fully saturated rings. The number of nitrogens with zero attached hydrogens (tertiary/aromatic N) is 3. The Bertz CT molecular complexity index is 1000. The maximum atomic E-state index is 13.1. The van der Waals surface area contributed by atoms with Crippen molar-refractivity contribution >= 4 is 46.5 Å². The standard InChI is InChI=1S/C19H22BrFN4O2Si/c1-28(2,3)7-6-27-12-25-17-5-4-15(8-13(17)10-23-25)24-19(26)18-16(20)9-14(21)11-22-18/h4-5,8-11H,6-7,12H2,1-3H3,(H,24,26). The van der Waals surface area contributed by atoms with Crippen LogP contribution in [0.3, 0.4) is 0 Å². The summed E-state index contributed by atoms with van der Waals surface area (Å²) in [5.74, 6) is -0.933. The third-order valence-electron chi connectivity index (χ3n) is 4.13. The molecule has 0 aliphatic carbocycles. The van der Waals surface area contributed by atoms with Gasteiger partial charge in [-0.25, -0.2) is 14.1 Å². The number of anilines is 1. The van der Waals surface area contributed by atoms with E-state index in [0.717, 1.165) is 29.8 Å². The van der Waals surface area contributed by atoms with Crippen LogP contribution in [0.5, 0.6) is 0 Å². The van der Waals surface area contributed by atoms with Gasteiger partial charge in [-0.15, -0.1) is 0 Å². The summed E-state index contributed by atoms with van der Waals surface area (Å²) in [6, 6.07) is 7.81. The molecule has 0 saturated carbocycles. The lowest BCUT2D eigenvalue weighted by Crippen LogP contribution is -2.22. The minimum absolute atomic E-state index is 0.119. The molecule has 2 heterocycles. The fourth-order valence-electron chi connectivity index (χ4n) is 2.57. The van der Waals surface area contributed by atoms with Gasteiger partial charge in [-0.2, -0.15) is 5.10 Å². The number of amides is 1. The highest BCUT2D eigenvalue weighted by Gasteiger charge is 2.14. The number of rotatable bonds is 7. The predicted octanol–water partition coefficient (Wildman–Crippen LogP) is 4.90. The molecular weight excluding hydrogens is 443 g/mol. The largest absolute Gasteiger partial charge is 0.360 e. The van der Waals surface area contributed by atoms with E-state index in [2.05, 4.69) is 51.0 Å². The molecule has 1 aromatic carbocycles. The molecule has 0 atom stereocenters. The number of ether oxygens (including phenoxy) is 1. The fourth-order valence-corrected chi connectivity index (χ4v) is 3.83. The van der Waals surface area contributed by atoms with Gasteiger partial charge in [0.25, 0.3) is 5.91 Å². The highest BCUT2D eigenvalue weighted by atomic mass is 79.9. The van der Waals surface area contributed by atoms with Gasteiger partial charge in [-0.3, -0.25) is 4.79 Å². The van der Waals surface area contributed by atoms with Crippen LogP contribution in [-0.2, 0) is 11.5 Å². The van der Waals surface area contributed by atoms with Crippen LogP contribution in [0.2, 0.25) is 25.7 Å². The number of pyridine rings is 1. The zero-order valence-corrected chi connectivity index (χ0v) is 18.6. The molecule has 0 bridgehead atoms. The predicted molar refractivity (Wildman–Crippen MR) is 114 cm³/mol. The third-order valence-corrected chi connectivity index (χ3v) is 6.44. The maximum absolute atomic E-state index is 13.1. The molecule has 0 saturated heterocycles. The van der Waals surface area contributed by atoms with Crippen LogP contribution >= 0.6 is 15.9 Å². The van der Waals surface area contributed by atoms with Crippen LogP contribution in [0, 0.1) is 5.82 Å². The number of fused-ring (bicyclic) bond motifs is 1. The number of hydrogen-bond acceptors (Lipinski definition) is 4. The monoisotopic (exact) mass is 464 g/mol.